The van der Waals surface area contributed by atoms with Crippen molar-refractivity contribution in [1.29, 1.82) is 0 Å². The van der Waals surface area contributed by atoms with E-state index in [1.54, 1.807) is 17.4 Å². The van der Waals surface area contributed by atoms with Crippen molar-refractivity contribution in [1.82, 2.24) is 15.1 Å². The van der Waals surface area contributed by atoms with Gasteiger partial charge in [-0.25, -0.2) is 4.68 Å². The Morgan fingerprint density at radius 3 is 2.53 bits per heavy atom. The van der Waals surface area contributed by atoms with Crippen LogP contribution < -0.4 is 10.9 Å². The van der Waals surface area contributed by atoms with Gasteiger partial charge in [-0.15, -0.1) is 11.3 Å². The highest BCUT2D eigenvalue weighted by molar-refractivity contribution is 7.13. The van der Waals surface area contributed by atoms with Crippen molar-refractivity contribution in [3.8, 4) is 10.6 Å². The first-order valence-corrected chi connectivity index (χ1v) is 11.3. The zero-order valence-electron chi connectivity index (χ0n) is 17.0. The maximum absolute atomic E-state index is 13.2. The van der Waals surface area contributed by atoms with Gasteiger partial charge in [0.1, 0.15) is 5.69 Å². The third-order valence-electron chi connectivity index (χ3n) is 5.71. The molecule has 30 heavy (non-hydrogen) atoms. The Morgan fingerprint density at radius 1 is 1.20 bits per heavy atom. The minimum Gasteiger partial charge on any atom is -0.350 e. The number of halogens is 1. The zero-order valence-corrected chi connectivity index (χ0v) is 18.5. The minimum absolute atomic E-state index is 0.00554. The molecule has 0 spiro atoms. The monoisotopic (exact) mass is 441 g/mol. The molecule has 0 unspecified atom stereocenters. The number of hydrogen-bond acceptors (Lipinski definition) is 4. The van der Waals surface area contributed by atoms with E-state index in [4.69, 9.17) is 11.6 Å². The number of thiophene rings is 1. The van der Waals surface area contributed by atoms with Gasteiger partial charge in [0, 0.05) is 11.1 Å². The summed E-state index contributed by atoms with van der Waals surface area (Å²) in [7, 11) is 0. The number of carbonyl (C=O) groups is 1. The Morgan fingerprint density at radius 2 is 1.93 bits per heavy atom. The predicted molar refractivity (Wildman–Crippen MR) is 121 cm³/mol. The van der Waals surface area contributed by atoms with Crippen LogP contribution in [0.1, 0.15) is 32.3 Å². The molecule has 7 heteroatoms. The van der Waals surface area contributed by atoms with Gasteiger partial charge in [-0.1, -0.05) is 43.6 Å². The molecule has 3 aromatic rings. The maximum Gasteiger partial charge on any atom is 0.266 e. The third-order valence-corrected chi connectivity index (χ3v) is 6.86. The fraction of sp³-hybridized carbons (Fsp3) is 0.348. The SMILES string of the molecule is CC(C)[C@@H](Cn1nc(-c2cccs2)ccc1=O)NC(=O)C1(c2ccc(Cl)cc2)CC1. The van der Waals surface area contributed by atoms with E-state index >= 15 is 0 Å². The van der Waals surface area contributed by atoms with Gasteiger partial charge in [-0.05, 0) is 54.0 Å². The number of amides is 1. The molecular formula is C23H24ClN3O2S. The standard InChI is InChI=1S/C23H24ClN3O2S/c1-15(2)19(14-27-21(28)10-9-18(26-27)20-4-3-13-30-20)25-22(29)23(11-12-23)16-5-7-17(24)8-6-16/h3-10,13,15,19H,11-12,14H2,1-2H3,(H,25,29)/t19-/m1/s1. The van der Waals surface area contributed by atoms with Crippen molar-refractivity contribution in [2.24, 2.45) is 5.92 Å². The van der Waals surface area contributed by atoms with Crippen LogP contribution in [-0.4, -0.2) is 21.7 Å². The van der Waals surface area contributed by atoms with Gasteiger partial charge in [-0.3, -0.25) is 9.59 Å². The summed E-state index contributed by atoms with van der Waals surface area (Å²) in [5.41, 5.74) is 1.09. The molecule has 2 aromatic heterocycles. The summed E-state index contributed by atoms with van der Waals surface area (Å²) in [6.45, 7) is 4.42. The summed E-state index contributed by atoms with van der Waals surface area (Å²) in [4.78, 5) is 26.6. The molecule has 1 N–H and O–H groups in total. The van der Waals surface area contributed by atoms with Gasteiger partial charge in [0.2, 0.25) is 5.91 Å². The summed E-state index contributed by atoms with van der Waals surface area (Å²) < 4.78 is 1.46. The number of aromatic nitrogens is 2. The van der Waals surface area contributed by atoms with E-state index in [1.807, 2.05) is 55.6 Å². The minimum atomic E-state index is -0.491. The van der Waals surface area contributed by atoms with Crippen LogP contribution in [0.4, 0.5) is 0 Å². The topological polar surface area (TPSA) is 64.0 Å². The van der Waals surface area contributed by atoms with E-state index in [9.17, 15) is 9.59 Å². The molecule has 0 aliphatic heterocycles. The van der Waals surface area contributed by atoms with E-state index in [2.05, 4.69) is 10.4 Å². The molecule has 0 radical (unpaired) electrons. The van der Waals surface area contributed by atoms with Crippen molar-refractivity contribution in [3.05, 3.63) is 74.9 Å². The van der Waals surface area contributed by atoms with E-state index in [1.165, 1.54) is 10.7 Å². The van der Waals surface area contributed by atoms with Crippen molar-refractivity contribution in [2.75, 3.05) is 0 Å². The van der Waals surface area contributed by atoms with Crippen LogP contribution in [0.2, 0.25) is 5.02 Å². The molecule has 4 rings (SSSR count). The van der Waals surface area contributed by atoms with E-state index < -0.39 is 5.41 Å². The smallest absolute Gasteiger partial charge is 0.266 e. The molecule has 1 aliphatic rings. The Hall–Kier alpha value is -2.44. The van der Waals surface area contributed by atoms with Crippen LogP contribution >= 0.6 is 22.9 Å². The summed E-state index contributed by atoms with van der Waals surface area (Å²) >= 11 is 7.58. The van der Waals surface area contributed by atoms with Crippen molar-refractivity contribution in [3.63, 3.8) is 0 Å². The van der Waals surface area contributed by atoms with Crippen LogP contribution in [0.25, 0.3) is 10.6 Å². The fourth-order valence-electron chi connectivity index (χ4n) is 3.59. The number of nitrogens with zero attached hydrogens (tertiary/aromatic N) is 2. The number of rotatable bonds is 7. The van der Waals surface area contributed by atoms with Crippen molar-refractivity contribution >= 4 is 28.8 Å². The predicted octanol–water partition coefficient (Wildman–Crippen LogP) is 4.50. The lowest BCUT2D eigenvalue weighted by atomic mass is 9.93. The second-order valence-corrected chi connectivity index (χ2v) is 9.51. The summed E-state index contributed by atoms with van der Waals surface area (Å²) in [5, 5.41) is 10.4. The quantitative estimate of drug-likeness (QED) is 0.587. The van der Waals surface area contributed by atoms with Crippen LogP contribution in [0.15, 0.2) is 58.7 Å². The summed E-state index contributed by atoms with van der Waals surface area (Å²) in [5.74, 6) is 0.153. The number of carbonyl (C=O) groups excluding carboxylic acids is 1. The molecule has 1 saturated carbocycles. The van der Waals surface area contributed by atoms with Crippen LogP contribution in [0.3, 0.4) is 0 Å². The molecule has 0 saturated heterocycles. The normalized spacial score (nSPS) is 15.7. The first kappa shape index (κ1) is 20.8. The molecule has 1 aromatic carbocycles. The zero-order chi connectivity index (χ0) is 21.3. The first-order valence-electron chi connectivity index (χ1n) is 10.1. The van der Waals surface area contributed by atoms with Gasteiger partial charge in [-0.2, -0.15) is 5.10 Å². The van der Waals surface area contributed by atoms with Gasteiger partial charge >= 0.3 is 0 Å². The van der Waals surface area contributed by atoms with Gasteiger partial charge < -0.3 is 5.32 Å². The highest BCUT2D eigenvalue weighted by Gasteiger charge is 2.51. The Kier molecular flexibility index (Phi) is 5.80. The van der Waals surface area contributed by atoms with Gasteiger partial charge in [0.05, 0.1) is 22.9 Å². The molecule has 1 fully saturated rings. The molecule has 1 amide bonds. The molecule has 2 heterocycles. The Labute approximate surface area is 184 Å². The first-order chi connectivity index (χ1) is 14.4. The van der Waals surface area contributed by atoms with Gasteiger partial charge in [0.25, 0.3) is 5.56 Å². The third kappa shape index (κ3) is 4.20. The van der Waals surface area contributed by atoms with Crippen LogP contribution in [0.5, 0.6) is 0 Å². The van der Waals surface area contributed by atoms with E-state index in [0.717, 1.165) is 29.0 Å². The lowest BCUT2D eigenvalue weighted by Crippen LogP contribution is -2.47. The van der Waals surface area contributed by atoms with Crippen molar-refractivity contribution < 1.29 is 4.79 Å². The summed E-state index contributed by atoms with van der Waals surface area (Å²) in [6, 6.07) is 14.5. The van der Waals surface area contributed by atoms with Crippen LogP contribution in [0, 0.1) is 5.92 Å². The average molecular weight is 442 g/mol. The largest absolute Gasteiger partial charge is 0.350 e. The van der Waals surface area contributed by atoms with E-state index in [-0.39, 0.29) is 23.4 Å². The number of hydrogen-bond donors (Lipinski definition) is 1. The molecule has 1 atom stereocenters. The second kappa shape index (κ2) is 8.36. The highest BCUT2D eigenvalue weighted by atomic mass is 35.5. The Balaban J connectivity index is 1.54. The fourth-order valence-corrected chi connectivity index (χ4v) is 4.41. The van der Waals surface area contributed by atoms with Crippen LogP contribution in [-0.2, 0) is 16.8 Å². The number of benzene rings is 1. The van der Waals surface area contributed by atoms with Crippen molar-refractivity contribution in [2.45, 2.75) is 44.7 Å². The maximum atomic E-state index is 13.2. The van der Waals surface area contributed by atoms with Gasteiger partial charge in [0.15, 0.2) is 0 Å². The Bertz CT molecular complexity index is 1090. The lowest BCUT2D eigenvalue weighted by Gasteiger charge is -2.26. The lowest BCUT2D eigenvalue weighted by molar-refractivity contribution is -0.124. The summed E-state index contributed by atoms with van der Waals surface area (Å²) in [6.07, 6.45) is 1.63. The molecular weight excluding hydrogens is 418 g/mol. The molecule has 156 valence electrons. The van der Waals surface area contributed by atoms with E-state index in [0.29, 0.717) is 11.6 Å². The molecule has 1 aliphatic carbocycles. The molecule has 5 nitrogen and oxygen atoms in total. The number of nitrogens with one attached hydrogen (secondary N) is 1. The average Bonchev–Trinajstić information content (AvgIpc) is 3.35. The second-order valence-electron chi connectivity index (χ2n) is 8.13. The molecule has 0 bridgehead atoms. The highest BCUT2D eigenvalue weighted by Crippen LogP contribution is 2.48.